The predicted octanol–water partition coefficient (Wildman–Crippen LogP) is 3.70. The maximum Gasteiger partial charge on any atom is 0.145 e. The summed E-state index contributed by atoms with van der Waals surface area (Å²) in [7, 11) is -1.44. The number of benzene rings is 1. The molecule has 0 N–H and O–H groups in total. The highest BCUT2D eigenvalue weighted by atomic mass is 32.2. The Morgan fingerprint density at radius 1 is 1.52 bits per heavy atom. The third-order valence-electron chi connectivity index (χ3n) is 3.63. The zero-order chi connectivity index (χ0) is 17.4. The summed E-state index contributed by atoms with van der Waals surface area (Å²) in [5, 5.41) is 8.94. The molecule has 6 heteroatoms. The number of halogens is 1. The van der Waals surface area contributed by atoms with Gasteiger partial charge in [0.05, 0.1) is 22.9 Å². The van der Waals surface area contributed by atoms with Gasteiger partial charge in [-0.3, -0.25) is 0 Å². The first-order valence-corrected chi connectivity index (χ1v) is 8.52. The van der Waals surface area contributed by atoms with Crippen LogP contribution < -0.4 is 4.74 Å². The number of ether oxygens (including phenoxy) is 1. The van der Waals surface area contributed by atoms with Crippen LogP contribution in [0.2, 0.25) is 0 Å². The molecule has 2 atom stereocenters. The molecule has 1 aromatic rings. The van der Waals surface area contributed by atoms with E-state index in [1.165, 1.54) is 12.1 Å². The van der Waals surface area contributed by atoms with Gasteiger partial charge >= 0.3 is 0 Å². The zero-order valence-electron chi connectivity index (χ0n) is 14.1. The molecule has 0 saturated carbocycles. The van der Waals surface area contributed by atoms with Crippen LogP contribution in [0.5, 0.6) is 5.75 Å². The first-order valence-electron chi connectivity index (χ1n) is 7.42. The lowest BCUT2D eigenvalue weighted by Gasteiger charge is -2.21. The minimum atomic E-state index is -1.44. The van der Waals surface area contributed by atoms with Gasteiger partial charge in [-0.1, -0.05) is 0 Å². The smallest absolute Gasteiger partial charge is 0.145 e. The fraction of sp³-hybridized carbons (Fsp3) is 0.529. The monoisotopic (exact) mass is 336 g/mol. The first kappa shape index (κ1) is 17.6. The van der Waals surface area contributed by atoms with Crippen LogP contribution in [0.15, 0.2) is 16.5 Å². The van der Waals surface area contributed by atoms with Crippen LogP contribution in [0.3, 0.4) is 0 Å². The van der Waals surface area contributed by atoms with Crippen molar-refractivity contribution < 1.29 is 13.3 Å². The van der Waals surface area contributed by atoms with Crippen LogP contribution >= 0.6 is 0 Å². The van der Waals surface area contributed by atoms with Crippen LogP contribution in [0.4, 0.5) is 4.39 Å². The number of hydrogen-bond donors (Lipinski definition) is 0. The lowest BCUT2D eigenvalue weighted by molar-refractivity contribution is 0.121. The zero-order valence-corrected chi connectivity index (χ0v) is 14.9. The summed E-state index contributed by atoms with van der Waals surface area (Å²) in [4.78, 5) is 0. The van der Waals surface area contributed by atoms with Crippen molar-refractivity contribution in [3.05, 3.63) is 29.1 Å². The standard InChI is InChI=1S/C17H21FN2O2S/c1-11(20-23(21)16(2,3)4)14-9-13(18)8-12-10-17(5,6-7-19)22-15(12)14/h8-9H,6,10H2,1-5H3/t17?,23-/m1/s1. The van der Waals surface area contributed by atoms with Crippen molar-refractivity contribution in [3.63, 3.8) is 0 Å². The summed E-state index contributed by atoms with van der Waals surface area (Å²) in [5.41, 5.74) is 1.02. The average molecular weight is 336 g/mol. The SMILES string of the molecule is CC(=N[S@](=O)C(C)(C)C)c1cc(F)cc2c1OC(C)(CC#N)C2. The van der Waals surface area contributed by atoms with Crippen molar-refractivity contribution >= 4 is 16.7 Å². The largest absolute Gasteiger partial charge is 0.485 e. The summed E-state index contributed by atoms with van der Waals surface area (Å²) >= 11 is 0. The van der Waals surface area contributed by atoms with Crippen LogP contribution in [0, 0.1) is 17.1 Å². The number of rotatable bonds is 3. The third kappa shape index (κ3) is 3.78. The minimum absolute atomic E-state index is 0.215. The van der Waals surface area contributed by atoms with E-state index in [9.17, 15) is 8.60 Å². The van der Waals surface area contributed by atoms with Crippen LogP contribution in [-0.2, 0) is 17.4 Å². The Hall–Kier alpha value is -1.74. The molecule has 1 heterocycles. The van der Waals surface area contributed by atoms with Gasteiger partial charge in [0, 0.05) is 17.5 Å². The molecule has 0 bridgehead atoms. The molecular formula is C17H21FN2O2S. The van der Waals surface area contributed by atoms with Gasteiger partial charge in [0.2, 0.25) is 0 Å². The molecule has 23 heavy (non-hydrogen) atoms. The molecule has 0 aliphatic carbocycles. The van der Waals surface area contributed by atoms with E-state index < -0.39 is 21.3 Å². The normalized spacial score (nSPS) is 22.2. The predicted molar refractivity (Wildman–Crippen MR) is 89.5 cm³/mol. The molecule has 4 nitrogen and oxygen atoms in total. The Balaban J connectivity index is 2.46. The summed E-state index contributed by atoms with van der Waals surface area (Å²) in [6.07, 6.45) is 0.684. The Labute approximate surface area is 139 Å². The van der Waals surface area contributed by atoms with Crippen LogP contribution in [-0.4, -0.2) is 20.3 Å². The highest BCUT2D eigenvalue weighted by Gasteiger charge is 2.37. The van der Waals surface area contributed by atoms with Gasteiger partial charge in [0.25, 0.3) is 0 Å². The highest BCUT2D eigenvalue weighted by Crippen LogP contribution is 2.40. The Morgan fingerprint density at radius 2 is 2.17 bits per heavy atom. The van der Waals surface area contributed by atoms with Gasteiger partial charge in [0.15, 0.2) is 0 Å². The highest BCUT2D eigenvalue weighted by molar-refractivity contribution is 7.85. The van der Waals surface area contributed by atoms with Gasteiger partial charge in [-0.25, -0.2) is 8.60 Å². The Bertz CT molecular complexity index is 731. The number of fused-ring (bicyclic) bond motifs is 1. The maximum atomic E-state index is 13.9. The lowest BCUT2D eigenvalue weighted by Crippen LogP contribution is -2.29. The third-order valence-corrected chi connectivity index (χ3v) is 5.12. The first-order chi connectivity index (χ1) is 10.6. The van der Waals surface area contributed by atoms with Crippen molar-refractivity contribution in [2.75, 3.05) is 0 Å². The molecule has 0 fully saturated rings. The van der Waals surface area contributed by atoms with Crippen molar-refractivity contribution in [1.29, 1.82) is 5.26 Å². The van der Waals surface area contributed by atoms with Gasteiger partial charge in [-0.2, -0.15) is 9.66 Å². The Morgan fingerprint density at radius 3 is 2.74 bits per heavy atom. The molecule has 0 spiro atoms. The fourth-order valence-corrected chi connectivity index (χ4v) is 3.05. The summed E-state index contributed by atoms with van der Waals surface area (Å²) in [5.74, 6) is 0.149. The molecular weight excluding hydrogens is 315 g/mol. The van der Waals surface area contributed by atoms with E-state index in [0.717, 1.165) is 0 Å². The summed E-state index contributed by atoms with van der Waals surface area (Å²) in [6, 6.07) is 4.87. The van der Waals surface area contributed by atoms with Crippen molar-refractivity contribution in [2.24, 2.45) is 4.40 Å². The van der Waals surface area contributed by atoms with Crippen molar-refractivity contribution in [2.45, 2.75) is 57.8 Å². The Kier molecular flexibility index (Phi) is 4.63. The quantitative estimate of drug-likeness (QED) is 0.791. The van der Waals surface area contributed by atoms with Crippen LogP contribution in [0.25, 0.3) is 0 Å². The second-order valence-corrected chi connectivity index (χ2v) is 8.95. The van der Waals surface area contributed by atoms with Crippen molar-refractivity contribution in [3.8, 4) is 11.8 Å². The minimum Gasteiger partial charge on any atom is -0.485 e. The molecule has 1 aromatic carbocycles. The molecule has 2 rings (SSSR count). The molecule has 0 aromatic heterocycles. The second-order valence-electron chi connectivity index (χ2n) is 7.04. The molecule has 0 saturated heterocycles. The maximum absolute atomic E-state index is 13.9. The van der Waals surface area contributed by atoms with E-state index in [-0.39, 0.29) is 12.2 Å². The average Bonchev–Trinajstić information content (AvgIpc) is 2.72. The van der Waals surface area contributed by atoms with E-state index in [2.05, 4.69) is 10.5 Å². The summed E-state index contributed by atoms with van der Waals surface area (Å²) < 4.78 is 35.8. The molecule has 124 valence electrons. The molecule has 0 amide bonds. The van der Waals surface area contributed by atoms with Crippen LogP contribution in [0.1, 0.15) is 52.2 Å². The van der Waals surface area contributed by atoms with Gasteiger partial charge < -0.3 is 4.74 Å². The van der Waals surface area contributed by atoms with E-state index in [4.69, 9.17) is 10.00 Å². The molecule has 0 radical (unpaired) electrons. The molecule has 1 aliphatic heterocycles. The molecule has 1 unspecified atom stereocenters. The summed E-state index contributed by atoms with van der Waals surface area (Å²) in [6.45, 7) is 9.02. The fourth-order valence-electron chi connectivity index (χ4n) is 2.43. The second kappa shape index (κ2) is 6.04. The van der Waals surface area contributed by atoms with Gasteiger partial charge in [0.1, 0.15) is 28.2 Å². The number of nitriles is 1. The van der Waals surface area contributed by atoms with E-state index in [1.807, 2.05) is 27.7 Å². The topological polar surface area (TPSA) is 62.4 Å². The van der Waals surface area contributed by atoms with Crippen molar-refractivity contribution in [1.82, 2.24) is 0 Å². The molecule has 1 aliphatic rings. The lowest BCUT2D eigenvalue weighted by atomic mass is 9.95. The number of hydrogen-bond acceptors (Lipinski definition) is 3. The van der Waals surface area contributed by atoms with E-state index in [1.54, 1.807) is 6.92 Å². The van der Waals surface area contributed by atoms with E-state index >= 15 is 0 Å². The van der Waals surface area contributed by atoms with Gasteiger partial charge in [-0.15, -0.1) is 0 Å². The number of nitrogens with zero attached hydrogens (tertiary/aromatic N) is 2. The van der Waals surface area contributed by atoms with E-state index in [0.29, 0.717) is 29.0 Å². The van der Waals surface area contributed by atoms with Gasteiger partial charge in [-0.05, 0) is 46.8 Å².